The molecule has 9 heteroatoms. The van der Waals surface area contributed by atoms with E-state index < -0.39 is 11.7 Å². The van der Waals surface area contributed by atoms with Crippen molar-refractivity contribution in [3.05, 3.63) is 87.9 Å². The Hall–Kier alpha value is -3.73. The second kappa shape index (κ2) is 8.56. The Bertz CT molecular complexity index is 1350. The number of hydrogen-bond acceptors (Lipinski definition) is 5. The first-order valence-electron chi connectivity index (χ1n) is 9.06. The number of halogens is 2. The largest absolute Gasteiger partial charge is 0.327 e. The lowest BCUT2D eigenvalue weighted by Crippen LogP contribution is -2.23. The molecular formula is C22H13Cl2N5O2. The number of hydrogen-bond donors (Lipinski definition) is 1. The van der Waals surface area contributed by atoms with Gasteiger partial charge in [-0.15, -0.1) is 0 Å². The van der Waals surface area contributed by atoms with Gasteiger partial charge < -0.3 is 9.88 Å². The van der Waals surface area contributed by atoms with Crippen LogP contribution in [0.1, 0.15) is 21.5 Å². The Kier molecular flexibility index (Phi) is 5.67. The van der Waals surface area contributed by atoms with Crippen LogP contribution >= 0.6 is 23.2 Å². The summed E-state index contributed by atoms with van der Waals surface area (Å²) in [6, 6.07) is 12.7. The van der Waals surface area contributed by atoms with Gasteiger partial charge in [0.05, 0.1) is 39.5 Å². The summed E-state index contributed by atoms with van der Waals surface area (Å²) < 4.78 is 1.73. The summed E-state index contributed by atoms with van der Waals surface area (Å²) in [6.45, 7) is 0.314. The maximum Gasteiger partial charge on any atom is 0.296 e. The molecule has 1 aromatic carbocycles. The topological polar surface area (TPSA) is 101 Å². The minimum absolute atomic E-state index is 0.112. The number of fused-ring (bicyclic) bond motifs is 1. The number of rotatable bonds is 5. The average molecular weight is 450 g/mol. The Balaban J connectivity index is 1.70. The molecule has 0 saturated heterocycles. The second-order valence-corrected chi connectivity index (χ2v) is 7.39. The standard InChI is InChI=1S/C22H13Cl2N5O2/c23-17-9-26-10-18(24)19(17)28-22(31)20(30)16-12-29(21-15(16)6-3-7-27-21)11-14-5-2-1-4-13(14)8-25/h1-7,9-10,12H,11H2,(H,26,28,31). The molecule has 152 valence electrons. The molecule has 0 spiro atoms. The zero-order valence-electron chi connectivity index (χ0n) is 15.8. The van der Waals surface area contributed by atoms with Crippen molar-refractivity contribution in [3.8, 4) is 6.07 Å². The van der Waals surface area contributed by atoms with Gasteiger partial charge in [-0.2, -0.15) is 5.26 Å². The Morgan fingerprint density at radius 2 is 1.84 bits per heavy atom. The lowest BCUT2D eigenvalue weighted by Gasteiger charge is -2.07. The van der Waals surface area contributed by atoms with Crippen LogP contribution in [-0.2, 0) is 11.3 Å². The van der Waals surface area contributed by atoms with Crippen molar-refractivity contribution in [2.75, 3.05) is 5.32 Å². The van der Waals surface area contributed by atoms with Crippen molar-refractivity contribution >= 4 is 51.6 Å². The van der Waals surface area contributed by atoms with Crippen LogP contribution in [0.4, 0.5) is 5.69 Å². The fourth-order valence-electron chi connectivity index (χ4n) is 3.20. The number of nitrogens with zero attached hydrogens (tertiary/aromatic N) is 4. The number of ketones is 1. The van der Waals surface area contributed by atoms with E-state index in [4.69, 9.17) is 23.2 Å². The number of Topliss-reactive ketones (excluding diaryl/α,β-unsaturated/α-hetero) is 1. The molecule has 0 bridgehead atoms. The Labute approximate surface area is 186 Å². The van der Waals surface area contributed by atoms with Crippen LogP contribution in [-0.4, -0.2) is 26.2 Å². The molecule has 0 unspecified atom stereocenters. The lowest BCUT2D eigenvalue weighted by molar-refractivity contribution is -0.112. The highest BCUT2D eigenvalue weighted by Crippen LogP contribution is 2.29. The summed E-state index contributed by atoms with van der Waals surface area (Å²) in [4.78, 5) is 33.8. The van der Waals surface area contributed by atoms with E-state index in [2.05, 4.69) is 21.4 Å². The fraction of sp³-hybridized carbons (Fsp3) is 0.0455. The van der Waals surface area contributed by atoms with E-state index in [-0.39, 0.29) is 21.3 Å². The molecule has 0 radical (unpaired) electrons. The van der Waals surface area contributed by atoms with E-state index >= 15 is 0 Å². The first-order chi connectivity index (χ1) is 15.0. The highest BCUT2D eigenvalue weighted by atomic mass is 35.5. The minimum atomic E-state index is -0.893. The summed E-state index contributed by atoms with van der Waals surface area (Å²) in [5.41, 5.74) is 2.10. The summed E-state index contributed by atoms with van der Waals surface area (Å²) in [5, 5.41) is 12.6. The molecule has 1 N–H and O–H groups in total. The van der Waals surface area contributed by atoms with Crippen LogP contribution in [0.3, 0.4) is 0 Å². The van der Waals surface area contributed by atoms with Crippen molar-refractivity contribution in [3.63, 3.8) is 0 Å². The summed E-state index contributed by atoms with van der Waals surface area (Å²) in [5.74, 6) is -1.66. The molecule has 0 saturated carbocycles. The molecule has 31 heavy (non-hydrogen) atoms. The van der Waals surface area contributed by atoms with Gasteiger partial charge in [0.15, 0.2) is 0 Å². The van der Waals surface area contributed by atoms with E-state index in [1.54, 1.807) is 41.2 Å². The van der Waals surface area contributed by atoms with E-state index in [9.17, 15) is 14.9 Å². The van der Waals surface area contributed by atoms with Crippen molar-refractivity contribution < 1.29 is 9.59 Å². The van der Waals surface area contributed by atoms with Crippen LogP contribution in [0.25, 0.3) is 11.0 Å². The number of carbonyl (C=O) groups is 2. The number of nitrogens with one attached hydrogen (secondary N) is 1. The van der Waals surface area contributed by atoms with Gasteiger partial charge in [0.2, 0.25) is 0 Å². The minimum Gasteiger partial charge on any atom is -0.327 e. The van der Waals surface area contributed by atoms with Crippen molar-refractivity contribution in [1.82, 2.24) is 14.5 Å². The van der Waals surface area contributed by atoms with Gasteiger partial charge in [-0.05, 0) is 23.8 Å². The summed E-state index contributed by atoms with van der Waals surface area (Å²) in [7, 11) is 0. The molecule has 0 aliphatic rings. The number of pyridine rings is 2. The number of anilines is 1. The number of carbonyl (C=O) groups excluding carboxylic acids is 2. The molecule has 4 aromatic rings. The normalized spacial score (nSPS) is 10.6. The average Bonchev–Trinajstić information content (AvgIpc) is 3.14. The zero-order valence-corrected chi connectivity index (χ0v) is 17.4. The molecule has 4 rings (SSSR count). The van der Waals surface area contributed by atoms with Gasteiger partial charge in [-0.1, -0.05) is 41.4 Å². The molecule has 3 aromatic heterocycles. The van der Waals surface area contributed by atoms with Crippen LogP contribution in [0.15, 0.2) is 61.2 Å². The first-order valence-corrected chi connectivity index (χ1v) is 9.81. The number of benzene rings is 1. The third-order valence-electron chi connectivity index (χ3n) is 4.66. The molecule has 7 nitrogen and oxygen atoms in total. The van der Waals surface area contributed by atoms with Gasteiger partial charge in [-0.25, -0.2) is 4.98 Å². The zero-order chi connectivity index (χ0) is 22.0. The highest BCUT2D eigenvalue weighted by Gasteiger charge is 2.24. The van der Waals surface area contributed by atoms with Crippen LogP contribution < -0.4 is 5.32 Å². The van der Waals surface area contributed by atoms with Gasteiger partial charge in [0.25, 0.3) is 11.7 Å². The maximum atomic E-state index is 13.0. The fourth-order valence-corrected chi connectivity index (χ4v) is 3.66. The van der Waals surface area contributed by atoms with Crippen LogP contribution in [0.2, 0.25) is 10.0 Å². The van der Waals surface area contributed by atoms with Crippen molar-refractivity contribution in [1.29, 1.82) is 5.26 Å². The molecule has 3 heterocycles. The van der Waals surface area contributed by atoms with Gasteiger partial charge >= 0.3 is 0 Å². The molecule has 0 aliphatic heterocycles. The quantitative estimate of drug-likeness (QED) is 0.357. The van der Waals surface area contributed by atoms with Crippen molar-refractivity contribution in [2.45, 2.75) is 6.54 Å². The second-order valence-electron chi connectivity index (χ2n) is 6.58. The van der Waals surface area contributed by atoms with Gasteiger partial charge in [-0.3, -0.25) is 14.6 Å². The third-order valence-corrected chi connectivity index (χ3v) is 5.23. The number of amides is 1. The van der Waals surface area contributed by atoms with Crippen LogP contribution in [0, 0.1) is 11.3 Å². The first kappa shape index (κ1) is 20.5. The van der Waals surface area contributed by atoms with E-state index in [0.29, 0.717) is 23.1 Å². The molecule has 1 amide bonds. The van der Waals surface area contributed by atoms with Crippen molar-refractivity contribution in [2.24, 2.45) is 0 Å². The monoisotopic (exact) mass is 449 g/mol. The van der Waals surface area contributed by atoms with E-state index in [0.717, 1.165) is 5.56 Å². The predicted octanol–water partition coefficient (Wildman–Crippen LogP) is 4.48. The lowest BCUT2D eigenvalue weighted by atomic mass is 10.1. The molecule has 0 aliphatic carbocycles. The molecule has 0 atom stereocenters. The number of nitriles is 1. The summed E-state index contributed by atoms with van der Waals surface area (Å²) >= 11 is 12.1. The number of aromatic nitrogens is 3. The van der Waals surface area contributed by atoms with Gasteiger partial charge in [0.1, 0.15) is 5.65 Å². The van der Waals surface area contributed by atoms with Crippen LogP contribution in [0.5, 0.6) is 0 Å². The smallest absolute Gasteiger partial charge is 0.296 e. The SMILES string of the molecule is N#Cc1ccccc1Cn1cc(C(=O)C(=O)Nc2c(Cl)cncc2Cl)c2cccnc21. The van der Waals surface area contributed by atoms with E-state index in [1.165, 1.54) is 12.4 Å². The molecule has 0 fully saturated rings. The molecular weight excluding hydrogens is 437 g/mol. The maximum absolute atomic E-state index is 13.0. The third kappa shape index (κ3) is 3.99. The van der Waals surface area contributed by atoms with Gasteiger partial charge in [0, 0.05) is 30.2 Å². The summed E-state index contributed by atoms with van der Waals surface area (Å²) in [6.07, 6.45) is 5.79. The Morgan fingerprint density at radius 1 is 1.10 bits per heavy atom. The Morgan fingerprint density at radius 3 is 2.58 bits per heavy atom. The predicted molar refractivity (Wildman–Crippen MR) is 117 cm³/mol. The highest BCUT2D eigenvalue weighted by molar-refractivity contribution is 6.50. The van der Waals surface area contributed by atoms with E-state index in [1.807, 2.05) is 12.1 Å².